The largest absolute Gasteiger partial charge is 0.360 e. The first-order valence-electron chi connectivity index (χ1n) is 9.52. The van der Waals surface area contributed by atoms with Gasteiger partial charge in [0.15, 0.2) is 5.82 Å². The average Bonchev–Trinajstić information content (AvgIpc) is 3.05. The van der Waals surface area contributed by atoms with E-state index in [0.717, 1.165) is 12.8 Å². The third-order valence-electron chi connectivity index (χ3n) is 4.11. The number of hydrogen-bond acceptors (Lipinski definition) is 5. The smallest absolute Gasteiger partial charge is 0.319 e. The van der Waals surface area contributed by atoms with Gasteiger partial charge in [-0.1, -0.05) is 44.2 Å². The predicted octanol–water partition coefficient (Wildman–Crippen LogP) is 4.27. The highest BCUT2D eigenvalue weighted by Crippen LogP contribution is 2.18. The van der Waals surface area contributed by atoms with Crippen LogP contribution in [0.15, 0.2) is 39.8 Å². The Morgan fingerprint density at radius 1 is 1.07 bits per heavy atom. The van der Waals surface area contributed by atoms with Crippen LogP contribution in [0.1, 0.15) is 51.2 Å². The highest BCUT2D eigenvalue weighted by atomic mass is 32.2. The maximum absolute atomic E-state index is 12.3. The van der Waals surface area contributed by atoms with Gasteiger partial charge in [0.25, 0.3) is 10.0 Å². The van der Waals surface area contributed by atoms with Gasteiger partial charge in [0.1, 0.15) is 5.76 Å². The Kier molecular flexibility index (Phi) is 8.31. The lowest BCUT2D eigenvalue weighted by Crippen LogP contribution is -2.29. The SMILES string of the molecule is CCCCCCCCNC(=O)Nc1ccc(S(=O)(=O)Nc2cc(C)on2)cc1. The van der Waals surface area contributed by atoms with Crippen LogP contribution in [0.2, 0.25) is 0 Å². The minimum atomic E-state index is -3.77. The molecule has 0 aliphatic rings. The third kappa shape index (κ3) is 7.22. The molecule has 0 bridgehead atoms. The quantitative estimate of drug-likeness (QED) is 0.481. The number of unbranched alkanes of at least 4 members (excludes halogenated alkanes) is 5. The zero-order chi connectivity index (χ0) is 20.4. The fourth-order valence-corrected chi connectivity index (χ4v) is 3.59. The maximum atomic E-state index is 12.3. The van der Waals surface area contributed by atoms with Gasteiger partial charge in [0, 0.05) is 18.3 Å². The molecule has 1 aromatic heterocycles. The van der Waals surface area contributed by atoms with Crippen LogP contribution in [0.5, 0.6) is 0 Å². The molecule has 154 valence electrons. The molecule has 9 heteroatoms. The van der Waals surface area contributed by atoms with Crippen molar-refractivity contribution in [3.8, 4) is 0 Å². The summed E-state index contributed by atoms with van der Waals surface area (Å²) in [6.07, 6.45) is 6.95. The van der Waals surface area contributed by atoms with Gasteiger partial charge < -0.3 is 15.2 Å². The van der Waals surface area contributed by atoms with Crippen LogP contribution < -0.4 is 15.4 Å². The van der Waals surface area contributed by atoms with E-state index in [-0.39, 0.29) is 16.7 Å². The molecule has 2 amide bonds. The fraction of sp³-hybridized carbons (Fsp3) is 0.474. The lowest BCUT2D eigenvalue weighted by Gasteiger charge is -2.09. The zero-order valence-electron chi connectivity index (χ0n) is 16.3. The molecule has 1 heterocycles. The molecular formula is C19H28N4O4S. The summed E-state index contributed by atoms with van der Waals surface area (Å²) in [6, 6.07) is 7.08. The van der Waals surface area contributed by atoms with E-state index < -0.39 is 10.0 Å². The zero-order valence-corrected chi connectivity index (χ0v) is 17.1. The normalized spacial score (nSPS) is 11.2. The van der Waals surface area contributed by atoms with Crippen LogP contribution in [-0.2, 0) is 10.0 Å². The van der Waals surface area contributed by atoms with Gasteiger partial charge in [-0.2, -0.15) is 0 Å². The van der Waals surface area contributed by atoms with E-state index >= 15 is 0 Å². The number of carbonyl (C=O) groups is 1. The monoisotopic (exact) mass is 408 g/mol. The molecule has 0 unspecified atom stereocenters. The number of aryl methyl sites for hydroxylation is 1. The molecule has 8 nitrogen and oxygen atoms in total. The van der Waals surface area contributed by atoms with Gasteiger partial charge in [-0.15, -0.1) is 0 Å². The molecular weight excluding hydrogens is 380 g/mol. The highest BCUT2D eigenvalue weighted by Gasteiger charge is 2.16. The van der Waals surface area contributed by atoms with Gasteiger partial charge in [0.05, 0.1) is 4.90 Å². The highest BCUT2D eigenvalue weighted by molar-refractivity contribution is 7.92. The van der Waals surface area contributed by atoms with Gasteiger partial charge in [-0.25, -0.2) is 13.2 Å². The first kappa shape index (κ1) is 21.7. The molecule has 0 aliphatic heterocycles. The lowest BCUT2D eigenvalue weighted by atomic mass is 10.1. The third-order valence-corrected chi connectivity index (χ3v) is 5.48. The fourth-order valence-electron chi connectivity index (χ4n) is 2.61. The van der Waals surface area contributed by atoms with Crippen LogP contribution in [-0.4, -0.2) is 26.2 Å². The van der Waals surface area contributed by atoms with Gasteiger partial charge in [-0.3, -0.25) is 4.72 Å². The summed E-state index contributed by atoms with van der Waals surface area (Å²) in [5.41, 5.74) is 0.511. The number of aromatic nitrogens is 1. The molecule has 1 aromatic carbocycles. The molecule has 0 fully saturated rings. The number of nitrogens with zero attached hydrogens (tertiary/aromatic N) is 1. The van der Waals surface area contributed by atoms with E-state index in [2.05, 4.69) is 27.4 Å². The average molecular weight is 409 g/mol. The summed E-state index contributed by atoms with van der Waals surface area (Å²) in [6.45, 7) is 4.47. The van der Waals surface area contributed by atoms with Crippen LogP contribution in [0, 0.1) is 6.92 Å². The van der Waals surface area contributed by atoms with E-state index in [0.29, 0.717) is 18.0 Å². The number of benzene rings is 1. The number of hydrogen-bond donors (Lipinski definition) is 3. The van der Waals surface area contributed by atoms with Gasteiger partial charge in [0.2, 0.25) is 0 Å². The molecule has 0 saturated heterocycles. The number of carbonyl (C=O) groups excluding carboxylic acids is 1. The van der Waals surface area contributed by atoms with Crippen LogP contribution >= 0.6 is 0 Å². The summed E-state index contributed by atoms with van der Waals surface area (Å²) in [7, 11) is -3.77. The van der Waals surface area contributed by atoms with Crippen molar-refractivity contribution >= 4 is 27.6 Å². The van der Waals surface area contributed by atoms with Crippen molar-refractivity contribution < 1.29 is 17.7 Å². The maximum Gasteiger partial charge on any atom is 0.319 e. The second-order valence-electron chi connectivity index (χ2n) is 6.60. The summed E-state index contributed by atoms with van der Waals surface area (Å²) in [5, 5.41) is 9.10. The van der Waals surface area contributed by atoms with Crippen LogP contribution in [0.4, 0.5) is 16.3 Å². The standard InChI is InChI=1S/C19H28N4O4S/c1-3-4-5-6-7-8-13-20-19(24)21-16-9-11-17(12-10-16)28(25,26)23-18-14-15(2)27-22-18/h9-12,14H,3-8,13H2,1-2H3,(H,22,23)(H2,20,21,24). The van der Waals surface area contributed by atoms with Crippen molar-refractivity contribution in [1.29, 1.82) is 0 Å². The summed E-state index contributed by atoms with van der Waals surface area (Å²) >= 11 is 0. The second-order valence-corrected chi connectivity index (χ2v) is 8.28. The minimum Gasteiger partial charge on any atom is -0.360 e. The second kappa shape index (κ2) is 10.7. The van der Waals surface area contributed by atoms with E-state index in [1.54, 1.807) is 6.92 Å². The topological polar surface area (TPSA) is 113 Å². The van der Waals surface area contributed by atoms with E-state index in [4.69, 9.17) is 4.52 Å². The summed E-state index contributed by atoms with van der Waals surface area (Å²) in [4.78, 5) is 12.0. The molecule has 2 aromatic rings. The Hall–Kier alpha value is -2.55. The van der Waals surface area contributed by atoms with E-state index in [1.165, 1.54) is 56.0 Å². The van der Waals surface area contributed by atoms with E-state index in [1.807, 2.05) is 0 Å². The molecule has 0 saturated carbocycles. The Labute approximate surface area is 166 Å². The molecule has 28 heavy (non-hydrogen) atoms. The Bertz CT molecular complexity index is 847. The Morgan fingerprint density at radius 3 is 2.39 bits per heavy atom. The summed E-state index contributed by atoms with van der Waals surface area (Å²) < 4.78 is 31.8. The molecule has 0 spiro atoms. The van der Waals surface area contributed by atoms with Crippen molar-refractivity contribution in [1.82, 2.24) is 10.5 Å². The van der Waals surface area contributed by atoms with Crippen molar-refractivity contribution in [3.63, 3.8) is 0 Å². The Morgan fingerprint density at radius 2 is 1.75 bits per heavy atom. The molecule has 2 rings (SSSR count). The van der Waals surface area contributed by atoms with Gasteiger partial charge >= 0.3 is 6.03 Å². The number of amides is 2. The number of urea groups is 1. The van der Waals surface area contributed by atoms with Crippen LogP contribution in [0.25, 0.3) is 0 Å². The first-order valence-corrected chi connectivity index (χ1v) is 11.0. The van der Waals surface area contributed by atoms with E-state index in [9.17, 15) is 13.2 Å². The number of sulfonamides is 1. The van der Waals surface area contributed by atoms with Crippen LogP contribution in [0.3, 0.4) is 0 Å². The van der Waals surface area contributed by atoms with Crippen molar-refractivity contribution in [2.75, 3.05) is 16.6 Å². The van der Waals surface area contributed by atoms with Crippen molar-refractivity contribution in [3.05, 3.63) is 36.1 Å². The summed E-state index contributed by atoms with van der Waals surface area (Å²) in [5.74, 6) is 0.623. The van der Waals surface area contributed by atoms with Crippen molar-refractivity contribution in [2.45, 2.75) is 57.3 Å². The first-order chi connectivity index (χ1) is 13.4. The molecule has 3 N–H and O–H groups in total. The predicted molar refractivity (Wildman–Crippen MR) is 109 cm³/mol. The van der Waals surface area contributed by atoms with Gasteiger partial charge in [-0.05, 0) is 37.6 Å². The molecule has 0 atom stereocenters. The Balaban J connectivity index is 1.78. The lowest BCUT2D eigenvalue weighted by molar-refractivity contribution is 0.252. The number of rotatable bonds is 11. The number of anilines is 2. The molecule has 0 radical (unpaired) electrons. The van der Waals surface area contributed by atoms with Crippen molar-refractivity contribution in [2.24, 2.45) is 0 Å². The number of nitrogens with one attached hydrogen (secondary N) is 3. The molecule has 0 aliphatic carbocycles. The minimum absolute atomic E-state index is 0.0613.